The Bertz CT molecular complexity index is 1010. The van der Waals surface area contributed by atoms with Crippen molar-refractivity contribution >= 4 is 29.0 Å². The van der Waals surface area contributed by atoms with Gasteiger partial charge in [0.05, 0.1) is 10.7 Å². The summed E-state index contributed by atoms with van der Waals surface area (Å²) in [5.41, 5.74) is 0.566. The zero-order chi connectivity index (χ0) is 20.1. The molecule has 144 valence electrons. The van der Waals surface area contributed by atoms with Crippen molar-refractivity contribution < 1.29 is 14.1 Å². The van der Waals surface area contributed by atoms with Gasteiger partial charge < -0.3 is 9.88 Å². The molecule has 1 aromatic heterocycles. The van der Waals surface area contributed by atoms with Gasteiger partial charge in [-0.3, -0.25) is 14.9 Å². The number of nitrogens with zero attached hydrogens (tertiary/aromatic N) is 4. The summed E-state index contributed by atoms with van der Waals surface area (Å²) in [7, 11) is 1.82. The molecule has 0 saturated carbocycles. The van der Waals surface area contributed by atoms with Gasteiger partial charge in [0.1, 0.15) is 5.82 Å². The first kappa shape index (κ1) is 19.5. The lowest BCUT2D eigenvalue weighted by molar-refractivity contribution is -0.387. The van der Waals surface area contributed by atoms with Crippen LogP contribution in [0.1, 0.15) is 11.4 Å². The van der Waals surface area contributed by atoms with Crippen LogP contribution in [-0.2, 0) is 18.3 Å². The molecule has 0 aliphatic carbocycles. The Hall–Kier alpha value is -3.27. The zero-order valence-corrected chi connectivity index (χ0v) is 15.6. The third-order valence-corrected chi connectivity index (χ3v) is 4.91. The predicted octanol–water partition coefficient (Wildman–Crippen LogP) is 3.18. The van der Waals surface area contributed by atoms with E-state index in [-0.39, 0.29) is 11.4 Å². The first-order chi connectivity index (χ1) is 13.4. The fourth-order valence-corrected chi connectivity index (χ4v) is 3.19. The van der Waals surface area contributed by atoms with Crippen molar-refractivity contribution in [2.24, 2.45) is 7.05 Å². The summed E-state index contributed by atoms with van der Waals surface area (Å²) in [5, 5.41) is 22.1. The molecule has 2 aromatic carbocycles. The molecule has 0 saturated heterocycles. The van der Waals surface area contributed by atoms with Crippen LogP contribution >= 0.6 is 11.8 Å². The van der Waals surface area contributed by atoms with Crippen LogP contribution in [0.3, 0.4) is 0 Å². The number of aromatic nitrogens is 3. The minimum absolute atomic E-state index is 0.0302. The van der Waals surface area contributed by atoms with Crippen molar-refractivity contribution in [3.8, 4) is 0 Å². The van der Waals surface area contributed by atoms with Gasteiger partial charge in [-0.15, -0.1) is 10.2 Å². The topological polar surface area (TPSA) is 103 Å². The minimum atomic E-state index is -0.956. The van der Waals surface area contributed by atoms with Gasteiger partial charge in [0.25, 0.3) is 0 Å². The van der Waals surface area contributed by atoms with Crippen molar-refractivity contribution in [2.75, 3.05) is 11.1 Å². The Morgan fingerprint density at radius 3 is 2.71 bits per heavy atom. The Kier molecular flexibility index (Phi) is 5.99. The highest BCUT2D eigenvalue weighted by Crippen LogP contribution is 2.22. The molecule has 3 aromatic rings. The number of nitrogens with one attached hydrogen (secondary N) is 1. The molecule has 28 heavy (non-hydrogen) atoms. The van der Waals surface area contributed by atoms with Crippen molar-refractivity contribution in [1.82, 2.24) is 14.8 Å². The van der Waals surface area contributed by atoms with Gasteiger partial charge >= 0.3 is 5.69 Å². The van der Waals surface area contributed by atoms with Gasteiger partial charge in [-0.2, -0.15) is 4.39 Å². The lowest BCUT2D eigenvalue weighted by atomic mass is 10.1. The van der Waals surface area contributed by atoms with Gasteiger partial charge in [-0.1, -0.05) is 42.1 Å². The van der Waals surface area contributed by atoms with E-state index in [2.05, 4.69) is 15.5 Å². The van der Waals surface area contributed by atoms with Crippen LogP contribution in [-0.4, -0.2) is 31.3 Å². The number of halogens is 1. The molecule has 0 atom stereocenters. The number of hydrogen-bond donors (Lipinski definition) is 1. The van der Waals surface area contributed by atoms with Gasteiger partial charge in [0, 0.05) is 25.2 Å². The number of rotatable bonds is 7. The van der Waals surface area contributed by atoms with Crippen LogP contribution in [0, 0.1) is 15.9 Å². The second-order valence-corrected chi connectivity index (χ2v) is 6.82. The Balaban J connectivity index is 1.59. The molecule has 0 fully saturated rings. The van der Waals surface area contributed by atoms with E-state index in [0.29, 0.717) is 11.6 Å². The summed E-state index contributed by atoms with van der Waals surface area (Å²) in [6.07, 6.45) is 0.621. The maximum absolute atomic E-state index is 13.4. The van der Waals surface area contributed by atoms with E-state index in [1.165, 1.54) is 17.8 Å². The van der Waals surface area contributed by atoms with E-state index < -0.39 is 22.3 Å². The molecule has 0 bridgehead atoms. The van der Waals surface area contributed by atoms with Gasteiger partial charge in [0.15, 0.2) is 5.16 Å². The van der Waals surface area contributed by atoms with Crippen molar-refractivity contribution in [2.45, 2.75) is 11.6 Å². The highest BCUT2D eigenvalue weighted by molar-refractivity contribution is 7.99. The molecule has 0 spiro atoms. The fourth-order valence-electron chi connectivity index (χ4n) is 2.46. The summed E-state index contributed by atoms with van der Waals surface area (Å²) in [6.45, 7) is 0. The van der Waals surface area contributed by atoms with Crippen LogP contribution in [0.2, 0.25) is 0 Å². The first-order valence-electron chi connectivity index (χ1n) is 8.23. The number of nitro groups is 1. The minimum Gasteiger partial charge on any atom is -0.325 e. The standard InChI is InChI=1S/C18H16FN5O3S/c1-23-16(9-12-5-3-2-4-6-12)21-22-18(23)28-11-17(25)20-13-7-8-14(19)15(10-13)24(26)27/h2-8,10H,9,11H2,1H3,(H,20,25). The third-order valence-electron chi connectivity index (χ3n) is 3.89. The molecule has 1 heterocycles. The Morgan fingerprint density at radius 1 is 1.25 bits per heavy atom. The molecule has 0 unspecified atom stereocenters. The average molecular weight is 401 g/mol. The highest BCUT2D eigenvalue weighted by Gasteiger charge is 2.16. The van der Waals surface area contributed by atoms with Crippen LogP contribution in [0.5, 0.6) is 0 Å². The SMILES string of the molecule is Cn1c(Cc2ccccc2)nnc1SCC(=O)Nc1ccc(F)c([N+](=O)[O-])c1. The molecule has 0 aliphatic heterocycles. The summed E-state index contributed by atoms with van der Waals surface area (Å²) in [4.78, 5) is 22.0. The zero-order valence-electron chi connectivity index (χ0n) is 14.8. The molecule has 3 rings (SSSR count). The first-order valence-corrected chi connectivity index (χ1v) is 9.21. The summed E-state index contributed by atoms with van der Waals surface area (Å²) < 4.78 is 15.2. The average Bonchev–Trinajstić information content (AvgIpc) is 3.02. The molecule has 10 heteroatoms. The van der Waals surface area contributed by atoms with Gasteiger partial charge in [-0.05, 0) is 17.7 Å². The molecular formula is C18H16FN5O3S. The Labute approximate surface area is 163 Å². The quantitative estimate of drug-likeness (QED) is 0.371. The van der Waals surface area contributed by atoms with Crippen molar-refractivity contribution in [3.05, 3.63) is 75.9 Å². The lowest BCUT2D eigenvalue weighted by Gasteiger charge is -2.06. The maximum Gasteiger partial charge on any atom is 0.306 e. The second kappa shape index (κ2) is 8.61. The van der Waals surface area contributed by atoms with Gasteiger partial charge in [-0.25, -0.2) is 0 Å². The molecule has 1 N–H and O–H groups in total. The van der Waals surface area contributed by atoms with Gasteiger partial charge in [0.2, 0.25) is 11.7 Å². The monoisotopic (exact) mass is 401 g/mol. The summed E-state index contributed by atoms with van der Waals surface area (Å²) >= 11 is 1.19. The number of benzene rings is 2. The summed E-state index contributed by atoms with van der Waals surface area (Å²) in [5.74, 6) is -0.549. The third kappa shape index (κ3) is 4.71. The van der Waals surface area contributed by atoms with Crippen LogP contribution < -0.4 is 5.32 Å². The fraction of sp³-hybridized carbons (Fsp3) is 0.167. The van der Waals surface area contributed by atoms with Crippen LogP contribution in [0.15, 0.2) is 53.7 Å². The maximum atomic E-state index is 13.4. The Morgan fingerprint density at radius 2 is 2.00 bits per heavy atom. The lowest BCUT2D eigenvalue weighted by Crippen LogP contribution is -2.14. The molecular weight excluding hydrogens is 385 g/mol. The second-order valence-electron chi connectivity index (χ2n) is 5.88. The van der Waals surface area contributed by atoms with Crippen LogP contribution in [0.4, 0.5) is 15.8 Å². The molecule has 0 aliphatic rings. The number of carbonyl (C=O) groups is 1. The van der Waals surface area contributed by atoms with E-state index in [1.807, 2.05) is 41.9 Å². The molecule has 1 amide bonds. The smallest absolute Gasteiger partial charge is 0.306 e. The number of carbonyl (C=O) groups excluding carboxylic acids is 1. The largest absolute Gasteiger partial charge is 0.325 e. The van der Waals surface area contributed by atoms with Crippen LogP contribution in [0.25, 0.3) is 0 Å². The number of hydrogen-bond acceptors (Lipinski definition) is 6. The van der Waals surface area contributed by atoms with E-state index in [0.717, 1.165) is 23.5 Å². The van der Waals surface area contributed by atoms with E-state index >= 15 is 0 Å². The van der Waals surface area contributed by atoms with Crippen molar-refractivity contribution in [3.63, 3.8) is 0 Å². The molecule has 8 nitrogen and oxygen atoms in total. The highest BCUT2D eigenvalue weighted by atomic mass is 32.2. The number of anilines is 1. The van der Waals surface area contributed by atoms with Crippen molar-refractivity contribution in [1.29, 1.82) is 0 Å². The normalized spacial score (nSPS) is 10.6. The summed E-state index contributed by atoms with van der Waals surface area (Å²) in [6, 6.07) is 13.0. The molecule has 0 radical (unpaired) electrons. The number of thioether (sulfide) groups is 1. The number of nitro benzene ring substituents is 1. The predicted molar refractivity (Wildman–Crippen MR) is 103 cm³/mol. The van der Waals surface area contributed by atoms with E-state index in [4.69, 9.17) is 0 Å². The number of amides is 1. The van der Waals surface area contributed by atoms with E-state index in [9.17, 15) is 19.3 Å². The van der Waals surface area contributed by atoms with E-state index in [1.54, 1.807) is 0 Å².